The molecule has 6 rings (SSSR count). The number of benzene rings is 2. The van der Waals surface area contributed by atoms with E-state index >= 15 is 0 Å². The predicted molar refractivity (Wildman–Crippen MR) is 127 cm³/mol. The van der Waals surface area contributed by atoms with E-state index in [4.69, 9.17) is 4.74 Å². The molecule has 0 unspecified atom stereocenters. The summed E-state index contributed by atoms with van der Waals surface area (Å²) in [6, 6.07) is 15.1. The largest absolute Gasteiger partial charge is 0.438 e. The summed E-state index contributed by atoms with van der Waals surface area (Å²) in [5, 5.41) is 12.2. The van der Waals surface area contributed by atoms with Gasteiger partial charge in [-0.1, -0.05) is 0 Å². The van der Waals surface area contributed by atoms with Gasteiger partial charge in [-0.05, 0) is 72.5 Å². The Morgan fingerprint density at radius 1 is 0.943 bits per heavy atom. The molecule has 0 saturated carbocycles. The van der Waals surface area contributed by atoms with Gasteiger partial charge in [-0.2, -0.15) is 5.10 Å². The molecule has 2 aromatic heterocycles. The molecule has 0 fully saturated rings. The summed E-state index contributed by atoms with van der Waals surface area (Å²) in [6.45, 7) is 0.607. The third kappa shape index (κ3) is 3.99. The summed E-state index contributed by atoms with van der Waals surface area (Å²) in [7, 11) is -3.80. The van der Waals surface area contributed by atoms with E-state index in [-0.39, 0.29) is 10.8 Å². The van der Waals surface area contributed by atoms with E-state index in [9.17, 15) is 13.2 Å². The highest BCUT2D eigenvalue weighted by Gasteiger charge is 2.32. The molecule has 0 radical (unpaired) electrons. The van der Waals surface area contributed by atoms with Crippen LogP contribution < -0.4 is 14.4 Å². The molecule has 11 heteroatoms. The molecule has 35 heavy (non-hydrogen) atoms. The van der Waals surface area contributed by atoms with Crippen LogP contribution >= 0.6 is 0 Å². The number of sulfonamides is 1. The average molecular weight is 489 g/mol. The van der Waals surface area contributed by atoms with Crippen molar-refractivity contribution in [1.29, 1.82) is 0 Å². The number of nitrogens with zero attached hydrogens (tertiary/aromatic N) is 5. The topological polar surface area (TPSA) is 119 Å². The van der Waals surface area contributed by atoms with E-state index in [1.165, 1.54) is 0 Å². The number of nitrogens with one attached hydrogen (secondary N) is 1. The fraction of sp³-hybridized carbons (Fsp3) is 0.167. The quantitative estimate of drug-likeness (QED) is 0.443. The molecule has 2 aliphatic heterocycles. The molecule has 0 saturated heterocycles. The molecular formula is C24H20N6O4S. The Morgan fingerprint density at radius 3 is 2.46 bits per heavy atom. The number of rotatable bonds is 6. The van der Waals surface area contributed by atoms with Crippen LogP contribution in [0.2, 0.25) is 0 Å². The Labute approximate surface area is 201 Å². The van der Waals surface area contributed by atoms with Crippen molar-refractivity contribution in [2.24, 2.45) is 0 Å². The first-order valence-electron chi connectivity index (χ1n) is 11.1. The Bertz CT molecular complexity index is 1520. The molecule has 4 aromatic rings. The van der Waals surface area contributed by atoms with Crippen molar-refractivity contribution in [3.05, 3.63) is 78.1 Å². The van der Waals surface area contributed by atoms with E-state index in [1.807, 2.05) is 0 Å². The third-order valence-corrected chi connectivity index (χ3v) is 7.39. The highest BCUT2D eigenvalue weighted by atomic mass is 32.2. The van der Waals surface area contributed by atoms with Crippen LogP contribution in [-0.4, -0.2) is 40.8 Å². The second-order valence-electron chi connectivity index (χ2n) is 8.30. The molecule has 4 heterocycles. The molecule has 2 aromatic carbocycles. The first-order valence-corrected chi connectivity index (χ1v) is 12.6. The van der Waals surface area contributed by atoms with Gasteiger partial charge < -0.3 is 9.64 Å². The summed E-state index contributed by atoms with van der Waals surface area (Å²) < 4.78 is 36.1. The zero-order valence-electron chi connectivity index (χ0n) is 18.5. The fourth-order valence-electron chi connectivity index (χ4n) is 4.40. The van der Waals surface area contributed by atoms with E-state index < -0.39 is 10.0 Å². The summed E-state index contributed by atoms with van der Waals surface area (Å²) in [6.07, 6.45) is 5.03. The van der Waals surface area contributed by atoms with Gasteiger partial charge in [-0.15, -0.1) is 10.2 Å². The van der Waals surface area contributed by atoms with Gasteiger partial charge in [-0.3, -0.25) is 9.52 Å². The van der Waals surface area contributed by atoms with Crippen LogP contribution in [0.3, 0.4) is 0 Å². The normalized spacial score (nSPS) is 14.6. The molecule has 1 amide bonds. The maximum atomic E-state index is 13.1. The maximum absolute atomic E-state index is 13.1. The third-order valence-electron chi connectivity index (χ3n) is 6.03. The average Bonchev–Trinajstić information content (AvgIpc) is 3.54. The lowest BCUT2D eigenvalue weighted by atomic mass is 10.00. The monoisotopic (exact) mass is 488 g/mol. The van der Waals surface area contributed by atoms with Gasteiger partial charge in [0.25, 0.3) is 10.0 Å². The van der Waals surface area contributed by atoms with Crippen molar-refractivity contribution in [2.45, 2.75) is 24.2 Å². The minimum atomic E-state index is -3.80. The SMILES string of the molecule is O=C1CCc2cc(S(=O)(=O)Nc3ccc(Oc4ccc(-n5cccn5)nn4)cc3)cc3c2N1CC3. The first kappa shape index (κ1) is 21.3. The lowest BCUT2D eigenvalue weighted by Gasteiger charge is -2.25. The number of carbonyl (C=O) groups excluding carboxylic acids is 1. The number of aromatic nitrogens is 4. The second-order valence-corrected chi connectivity index (χ2v) is 9.98. The van der Waals surface area contributed by atoms with Crippen molar-refractivity contribution in [2.75, 3.05) is 16.2 Å². The van der Waals surface area contributed by atoms with Crippen LogP contribution in [0, 0.1) is 0 Å². The summed E-state index contributed by atoms with van der Waals surface area (Å²) in [5.74, 6) is 1.45. The predicted octanol–water partition coefficient (Wildman–Crippen LogP) is 3.09. The maximum Gasteiger partial charge on any atom is 0.261 e. The van der Waals surface area contributed by atoms with Gasteiger partial charge in [0.15, 0.2) is 5.82 Å². The van der Waals surface area contributed by atoms with Gasteiger partial charge in [-0.25, -0.2) is 13.1 Å². The molecule has 0 bridgehead atoms. The van der Waals surface area contributed by atoms with Crippen molar-refractivity contribution >= 4 is 27.3 Å². The fourth-order valence-corrected chi connectivity index (χ4v) is 5.56. The molecule has 0 atom stereocenters. The van der Waals surface area contributed by atoms with Crippen LogP contribution in [0.15, 0.2) is 71.9 Å². The van der Waals surface area contributed by atoms with Gasteiger partial charge in [0.1, 0.15) is 5.75 Å². The van der Waals surface area contributed by atoms with Crippen molar-refractivity contribution in [3.63, 3.8) is 0 Å². The molecule has 0 spiro atoms. The van der Waals surface area contributed by atoms with Gasteiger partial charge in [0, 0.05) is 37.1 Å². The zero-order valence-corrected chi connectivity index (χ0v) is 19.3. The van der Waals surface area contributed by atoms with E-state index in [1.54, 1.807) is 76.6 Å². The van der Waals surface area contributed by atoms with Gasteiger partial charge in [0.05, 0.1) is 10.6 Å². The van der Waals surface area contributed by atoms with Crippen LogP contribution in [0.4, 0.5) is 11.4 Å². The van der Waals surface area contributed by atoms with Gasteiger partial charge >= 0.3 is 0 Å². The Kier molecular flexibility index (Phi) is 4.99. The highest BCUT2D eigenvalue weighted by molar-refractivity contribution is 7.92. The van der Waals surface area contributed by atoms with Crippen LogP contribution in [0.1, 0.15) is 17.5 Å². The Balaban J connectivity index is 1.17. The Hall–Kier alpha value is -4.25. The smallest absolute Gasteiger partial charge is 0.261 e. The number of hydrogen-bond acceptors (Lipinski definition) is 7. The van der Waals surface area contributed by atoms with Crippen LogP contribution in [0.5, 0.6) is 11.6 Å². The second kappa shape index (κ2) is 8.20. The minimum absolute atomic E-state index is 0.104. The van der Waals surface area contributed by atoms with Crippen LogP contribution in [-0.2, 0) is 27.7 Å². The lowest BCUT2D eigenvalue weighted by molar-refractivity contribution is -0.118. The lowest BCUT2D eigenvalue weighted by Crippen LogP contribution is -2.33. The molecule has 1 N–H and O–H groups in total. The summed E-state index contributed by atoms with van der Waals surface area (Å²) in [5.41, 5.74) is 3.11. The van der Waals surface area contributed by atoms with Gasteiger partial charge in [0.2, 0.25) is 11.8 Å². The van der Waals surface area contributed by atoms with Crippen molar-refractivity contribution in [1.82, 2.24) is 20.0 Å². The number of carbonyl (C=O) groups is 1. The van der Waals surface area contributed by atoms with Crippen LogP contribution in [0.25, 0.3) is 5.82 Å². The zero-order chi connectivity index (χ0) is 24.0. The number of hydrogen-bond donors (Lipinski definition) is 1. The van der Waals surface area contributed by atoms with Crippen molar-refractivity contribution in [3.8, 4) is 17.4 Å². The number of ether oxygens (including phenoxy) is 1. The highest BCUT2D eigenvalue weighted by Crippen LogP contribution is 2.38. The van der Waals surface area contributed by atoms with Crippen molar-refractivity contribution < 1.29 is 17.9 Å². The standard InChI is InChI=1S/C24H20N6O4S/c31-23-9-2-16-14-20(15-17-10-13-29(23)24(16)17)35(32,33)28-18-3-5-19(6-4-18)34-22-8-7-21(26-27-22)30-12-1-11-25-30/h1,3-8,11-12,14-15,28H,2,9-10,13H2. The summed E-state index contributed by atoms with van der Waals surface area (Å²) in [4.78, 5) is 14.1. The minimum Gasteiger partial charge on any atom is -0.438 e. The summed E-state index contributed by atoms with van der Waals surface area (Å²) >= 11 is 0. The number of amides is 1. The van der Waals surface area contributed by atoms with E-state index in [0.29, 0.717) is 48.9 Å². The molecule has 176 valence electrons. The molecule has 10 nitrogen and oxygen atoms in total. The van der Waals surface area contributed by atoms with E-state index in [0.717, 1.165) is 16.8 Å². The van der Waals surface area contributed by atoms with E-state index in [2.05, 4.69) is 20.0 Å². The molecular weight excluding hydrogens is 468 g/mol. The number of aryl methyl sites for hydroxylation is 1. The number of anilines is 2. The molecule has 2 aliphatic rings. The molecule has 0 aliphatic carbocycles. The Morgan fingerprint density at radius 2 is 1.74 bits per heavy atom. The first-order chi connectivity index (χ1) is 17.0.